The Bertz CT molecular complexity index is 1110. The fourth-order valence-electron chi connectivity index (χ4n) is 6.64. The van der Waals surface area contributed by atoms with Gasteiger partial charge in [-0.15, -0.1) is 0 Å². The molecular weight excluding hydrogens is 484 g/mol. The molecule has 4 rings (SSSR count). The van der Waals surface area contributed by atoms with Crippen molar-refractivity contribution >= 4 is 12.0 Å². The number of phenolic OH excluding ortho intramolecular Hbond substituents is 1. The van der Waals surface area contributed by atoms with Crippen LogP contribution >= 0.6 is 0 Å². The predicted molar refractivity (Wildman–Crippen MR) is 159 cm³/mol. The molecule has 1 aromatic carbocycles. The number of hydrogen-bond donors (Lipinski definition) is 2. The standard InChI is InChI=1S/C35H46O4/c1-26(34(38)39-2)33(28-20-21-28)29-22-19-27(31(36)25-29)15-14-18-32(37)35(23-12-8-3-4-9-13-24-35)30-16-10-6-5-7-11-17-30/h5-7,10-11,14-17,19,22,25-26,28,32-33,36-37H,3-4,8-9,12-13,18,20-21,23-24H2,1-2H3/b6-5-,7-5?,10-6?,11-7-,15-14-,16-10?,17-11?,30-16?,30-17?/t26-,32?,33-/m0/s1. The molecule has 2 N–H and O–H groups in total. The summed E-state index contributed by atoms with van der Waals surface area (Å²) in [5, 5.41) is 22.6. The van der Waals surface area contributed by atoms with Crippen LogP contribution in [0.2, 0.25) is 0 Å². The molecule has 3 aliphatic rings. The first-order valence-electron chi connectivity index (χ1n) is 14.9. The fraction of sp³-hybridized carbons (Fsp3) is 0.514. The topological polar surface area (TPSA) is 66.8 Å². The summed E-state index contributed by atoms with van der Waals surface area (Å²) in [6, 6.07) is 5.77. The van der Waals surface area contributed by atoms with Crippen molar-refractivity contribution in [2.45, 2.75) is 89.6 Å². The van der Waals surface area contributed by atoms with Crippen molar-refractivity contribution in [3.05, 3.63) is 83.5 Å². The highest BCUT2D eigenvalue weighted by Crippen LogP contribution is 2.48. The van der Waals surface area contributed by atoms with Crippen molar-refractivity contribution in [3.8, 4) is 5.75 Å². The largest absolute Gasteiger partial charge is 0.507 e. The molecule has 4 nitrogen and oxygen atoms in total. The lowest BCUT2D eigenvalue weighted by atomic mass is 9.67. The minimum absolute atomic E-state index is 0.0560. The lowest BCUT2D eigenvalue weighted by Gasteiger charge is -2.40. The number of esters is 1. The van der Waals surface area contributed by atoms with E-state index in [4.69, 9.17) is 4.74 Å². The number of aliphatic hydroxyl groups excluding tert-OH is 1. The Morgan fingerprint density at radius 3 is 2.36 bits per heavy atom. The third-order valence-electron chi connectivity index (χ3n) is 9.04. The molecule has 39 heavy (non-hydrogen) atoms. The summed E-state index contributed by atoms with van der Waals surface area (Å²) in [6.45, 7) is 1.92. The molecule has 0 radical (unpaired) electrons. The van der Waals surface area contributed by atoms with Gasteiger partial charge in [0, 0.05) is 11.0 Å². The summed E-state index contributed by atoms with van der Waals surface area (Å²) < 4.78 is 5.01. The van der Waals surface area contributed by atoms with Gasteiger partial charge in [-0.3, -0.25) is 4.79 Å². The fourth-order valence-corrected chi connectivity index (χ4v) is 6.64. The second-order valence-corrected chi connectivity index (χ2v) is 11.7. The van der Waals surface area contributed by atoms with Crippen LogP contribution in [0.4, 0.5) is 0 Å². The second-order valence-electron chi connectivity index (χ2n) is 11.7. The van der Waals surface area contributed by atoms with Gasteiger partial charge in [0.2, 0.25) is 0 Å². The predicted octanol–water partition coefficient (Wildman–Crippen LogP) is 8.19. The zero-order chi connectivity index (χ0) is 27.7. The Balaban J connectivity index is 1.52. The maximum Gasteiger partial charge on any atom is 0.309 e. The zero-order valence-electron chi connectivity index (χ0n) is 23.7. The van der Waals surface area contributed by atoms with Crippen LogP contribution in [-0.2, 0) is 9.53 Å². The highest BCUT2D eigenvalue weighted by Gasteiger charge is 2.40. The summed E-state index contributed by atoms with van der Waals surface area (Å²) in [6.07, 6.45) is 30.0. The average molecular weight is 531 g/mol. The van der Waals surface area contributed by atoms with E-state index in [0.717, 1.165) is 49.7 Å². The molecular formula is C35H46O4. The van der Waals surface area contributed by atoms with Crippen LogP contribution in [0.5, 0.6) is 5.75 Å². The van der Waals surface area contributed by atoms with Crippen LogP contribution in [0.25, 0.3) is 6.08 Å². The summed E-state index contributed by atoms with van der Waals surface area (Å²) in [5.74, 6) is 0.274. The van der Waals surface area contributed by atoms with E-state index < -0.39 is 6.10 Å². The molecule has 2 fully saturated rings. The smallest absolute Gasteiger partial charge is 0.309 e. The zero-order valence-corrected chi connectivity index (χ0v) is 23.7. The van der Waals surface area contributed by atoms with E-state index in [2.05, 4.69) is 24.3 Å². The van der Waals surface area contributed by atoms with Crippen LogP contribution in [0, 0.1) is 17.3 Å². The minimum Gasteiger partial charge on any atom is -0.507 e. The maximum absolute atomic E-state index is 12.2. The van der Waals surface area contributed by atoms with Gasteiger partial charge in [-0.05, 0) is 61.1 Å². The number of aromatic hydroxyl groups is 1. The molecule has 3 aliphatic carbocycles. The van der Waals surface area contributed by atoms with Crippen molar-refractivity contribution in [2.75, 3.05) is 7.11 Å². The van der Waals surface area contributed by atoms with Gasteiger partial charge in [-0.2, -0.15) is 0 Å². The third-order valence-corrected chi connectivity index (χ3v) is 9.04. The van der Waals surface area contributed by atoms with Gasteiger partial charge in [0.1, 0.15) is 5.75 Å². The molecule has 3 atom stereocenters. The number of benzene rings is 1. The first-order valence-corrected chi connectivity index (χ1v) is 14.9. The molecule has 210 valence electrons. The molecule has 0 heterocycles. The Morgan fingerprint density at radius 1 is 1.03 bits per heavy atom. The van der Waals surface area contributed by atoms with E-state index in [1.54, 1.807) is 0 Å². The Kier molecular flexibility index (Phi) is 10.4. The lowest BCUT2D eigenvalue weighted by molar-refractivity contribution is -0.145. The monoisotopic (exact) mass is 530 g/mol. The molecule has 1 unspecified atom stereocenters. The van der Waals surface area contributed by atoms with E-state index in [1.807, 2.05) is 55.5 Å². The van der Waals surface area contributed by atoms with Crippen molar-refractivity contribution < 1.29 is 19.7 Å². The molecule has 4 heteroatoms. The van der Waals surface area contributed by atoms with Gasteiger partial charge >= 0.3 is 5.97 Å². The van der Waals surface area contributed by atoms with Crippen molar-refractivity contribution in [3.63, 3.8) is 0 Å². The van der Waals surface area contributed by atoms with E-state index in [1.165, 1.54) is 38.4 Å². The van der Waals surface area contributed by atoms with Crippen LogP contribution in [-0.4, -0.2) is 29.4 Å². The van der Waals surface area contributed by atoms with E-state index >= 15 is 0 Å². The van der Waals surface area contributed by atoms with Gasteiger partial charge < -0.3 is 14.9 Å². The van der Waals surface area contributed by atoms with Gasteiger partial charge in [-0.1, -0.05) is 112 Å². The normalized spacial score (nSPS) is 23.7. The van der Waals surface area contributed by atoms with Crippen LogP contribution < -0.4 is 0 Å². The SMILES string of the molecule is COC(=O)[C@@H](C)[C@H](c1ccc(/C=C\CC(O)C2(C3=C/C=C\C=C/C=C3)CCCCCCCC2)c(O)c1)C1CC1. The number of methoxy groups -OCH3 is 1. The molecule has 0 bridgehead atoms. The number of rotatable bonds is 9. The highest BCUT2D eigenvalue weighted by molar-refractivity contribution is 5.73. The molecule has 2 saturated carbocycles. The van der Waals surface area contributed by atoms with Gasteiger partial charge in [0.25, 0.3) is 0 Å². The van der Waals surface area contributed by atoms with Crippen molar-refractivity contribution in [1.29, 1.82) is 0 Å². The van der Waals surface area contributed by atoms with E-state index in [9.17, 15) is 15.0 Å². The van der Waals surface area contributed by atoms with E-state index in [-0.39, 0.29) is 29.0 Å². The molecule has 1 aromatic rings. The molecule has 0 spiro atoms. The van der Waals surface area contributed by atoms with Crippen molar-refractivity contribution in [1.82, 2.24) is 0 Å². The van der Waals surface area contributed by atoms with Crippen molar-refractivity contribution in [2.24, 2.45) is 17.3 Å². The summed E-state index contributed by atoms with van der Waals surface area (Å²) in [4.78, 5) is 12.2. The van der Waals surface area contributed by atoms with Gasteiger partial charge in [0.15, 0.2) is 0 Å². The minimum atomic E-state index is -0.513. The molecule has 0 amide bonds. The maximum atomic E-state index is 12.2. The molecule has 0 saturated heterocycles. The van der Waals surface area contributed by atoms with Crippen LogP contribution in [0.1, 0.15) is 94.6 Å². The number of ether oxygens (including phenoxy) is 1. The Labute approximate surface area is 234 Å². The lowest BCUT2D eigenvalue weighted by Crippen LogP contribution is -2.36. The van der Waals surface area contributed by atoms with Gasteiger partial charge in [-0.25, -0.2) is 0 Å². The van der Waals surface area contributed by atoms with Crippen LogP contribution in [0.15, 0.2) is 72.4 Å². The Hall–Kier alpha value is -2.85. The number of allylic oxidation sites excluding steroid dienone is 7. The molecule has 0 aliphatic heterocycles. The summed E-state index contributed by atoms with van der Waals surface area (Å²) in [5.41, 5.74) is 2.64. The Morgan fingerprint density at radius 2 is 1.69 bits per heavy atom. The quantitative estimate of drug-likeness (QED) is 0.316. The second kappa shape index (κ2) is 14.0. The number of phenols is 1. The number of carbonyl (C=O) groups excluding carboxylic acids is 1. The van der Waals surface area contributed by atoms with Gasteiger partial charge in [0.05, 0.1) is 19.1 Å². The third kappa shape index (κ3) is 7.42. The number of aliphatic hydroxyl groups is 1. The van der Waals surface area contributed by atoms with Crippen LogP contribution in [0.3, 0.4) is 0 Å². The first kappa shape index (κ1) is 29.1. The summed E-state index contributed by atoms with van der Waals surface area (Å²) >= 11 is 0. The summed E-state index contributed by atoms with van der Waals surface area (Å²) in [7, 11) is 1.43. The highest BCUT2D eigenvalue weighted by atomic mass is 16.5. The average Bonchev–Trinajstić information content (AvgIpc) is 3.73. The van der Waals surface area contributed by atoms with E-state index in [0.29, 0.717) is 12.3 Å². The first-order chi connectivity index (χ1) is 19.0. The number of carbonyl (C=O) groups is 1. The molecule has 0 aromatic heterocycles. The number of hydrogen-bond acceptors (Lipinski definition) is 4.